The average molecular weight is 654 g/mol. The molecule has 2 aromatic heterocycles. The number of carbonyl (C=O) groups excluding carboxylic acids is 1. The summed E-state index contributed by atoms with van der Waals surface area (Å²) in [5.74, 6) is -0.234. The van der Waals surface area contributed by atoms with Gasteiger partial charge in [0.2, 0.25) is 0 Å². The van der Waals surface area contributed by atoms with Gasteiger partial charge in [0.25, 0.3) is 16.8 Å². The van der Waals surface area contributed by atoms with Crippen LogP contribution in [-0.2, 0) is 9.53 Å². The lowest BCUT2D eigenvalue weighted by Crippen LogP contribution is -2.40. The van der Waals surface area contributed by atoms with E-state index in [1.54, 1.807) is 45.0 Å². The number of ether oxygens (including phenoxy) is 2. The fraction of sp³-hybridized carbons (Fsp3) is 0.207. The first-order valence-electron chi connectivity index (χ1n) is 13.1. The standard InChI is InChI=1S/C29H24ClN5O7S2/c1-5-42-27(38)24-15(3)32-29-34(25(24)18-13-17(30)7-8-20(18)41-4)26(37)22(44-29)12-16-6-9-21(19(11-16)35(39)40)43-28-31-14(2)10-23(36)33-28/h6-13,25H,5H2,1-4H3,(H,31,33,36)/b22-12-/t25-/m1/s1. The second-order valence-electron chi connectivity index (χ2n) is 9.47. The molecule has 0 saturated carbocycles. The summed E-state index contributed by atoms with van der Waals surface area (Å²) in [5, 5.41) is 12.6. The molecule has 5 rings (SSSR count). The van der Waals surface area contributed by atoms with E-state index >= 15 is 0 Å². The van der Waals surface area contributed by atoms with E-state index in [9.17, 15) is 24.5 Å². The van der Waals surface area contributed by atoms with Crippen molar-refractivity contribution < 1.29 is 19.2 Å². The molecule has 1 atom stereocenters. The third-order valence-electron chi connectivity index (χ3n) is 6.54. The Labute approximate surface area is 262 Å². The minimum absolute atomic E-state index is 0.114. The number of aryl methyl sites for hydroxylation is 1. The van der Waals surface area contributed by atoms with Crippen molar-refractivity contribution in [2.75, 3.05) is 13.7 Å². The molecule has 0 unspecified atom stereocenters. The summed E-state index contributed by atoms with van der Waals surface area (Å²) in [6.07, 6.45) is 1.52. The molecule has 0 bridgehead atoms. The van der Waals surface area contributed by atoms with Gasteiger partial charge in [-0.1, -0.05) is 29.0 Å². The lowest BCUT2D eigenvalue weighted by molar-refractivity contribution is -0.387. The summed E-state index contributed by atoms with van der Waals surface area (Å²) in [4.78, 5) is 62.3. The van der Waals surface area contributed by atoms with Gasteiger partial charge in [0.1, 0.15) is 11.8 Å². The number of nitro benzene ring substituents is 1. The number of aromatic amines is 1. The highest BCUT2D eigenvalue weighted by Gasteiger charge is 2.35. The second-order valence-corrected chi connectivity index (χ2v) is 11.9. The Morgan fingerprint density at radius 1 is 1.23 bits per heavy atom. The van der Waals surface area contributed by atoms with Crippen LogP contribution in [0.25, 0.3) is 6.08 Å². The Kier molecular flexibility index (Phi) is 8.85. The summed E-state index contributed by atoms with van der Waals surface area (Å²) in [7, 11) is 1.47. The smallest absolute Gasteiger partial charge is 0.338 e. The van der Waals surface area contributed by atoms with E-state index in [2.05, 4.69) is 15.0 Å². The number of benzene rings is 2. The maximum absolute atomic E-state index is 14.0. The molecule has 2 aromatic carbocycles. The Bertz CT molecular complexity index is 2100. The van der Waals surface area contributed by atoms with Crippen molar-refractivity contribution >= 4 is 52.4 Å². The van der Waals surface area contributed by atoms with Gasteiger partial charge in [-0.2, -0.15) is 0 Å². The number of allylic oxidation sites excluding steroid dienone is 1. The first kappa shape index (κ1) is 30.9. The van der Waals surface area contributed by atoms with Crippen molar-refractivity contribution in [2.45, 2.75) is 36.9 Å². The molecule has 1 N–H and O–H groups in total. The molecule has 0 saturated heterocycles. The zero-order chi connectivity index (χ0) is 31.7. The summed E-state index contributed by atoms with van der Waals surface area (Å²) in [5.41, 5.74) is 0.764. The van der Waals surface area contributed by atoms with E-state index in [1.807, 2.05) is 0 Å². The minimum atomic E-state index is -0.960. The lowest BCUT2D eigenvalue weighted by Gasteiger charge is -2.26. The molecule has 0 fully saturated rings. The molecule has 15 heteroatoms. The molecule has 226 valence electrons. The molecular weight excluding hydrogens is 630 g/mol. The molecule has 0 aliphatic carbocycles. The van der Waals surface area contributed by atoms with Crippen molar-refractivity contribution in [1.82, 2.24) is 14.5 Å². The average Bonchev–Trinajstić information content (AvgIpc) is 3.26. The van der Waals surface area contributed by atoms with E-state index in [0.717, 1.165) is 23.1 Å². The van der Waals surface area contributed by atoms with Crippen molar-refractivity contribution in [2.24, 2.45) is 4.99 Å². The van der Waals surface area contributed by atoms with Crippen LogP contribution in [-0.4, -0.2) is 39.1 Å². The van der Waals surface area contributed by atoms with Gasteiger partial charge in [0, 0.05) is 28.4 Å². The monoisotopic (exact) mass is 653 g/mol. The second kappa shape index (κ2) is 12.6. The number of aromatic nitrogens is 3. The number of esters is 1. The molecule has 4 aromatic rings. The number of H-pyrrole nitrogens is 1. The van der Waals surface area contributed by atoms with E-state index in [-0.39, 0.29) is 38.0 Å². The highest BCUT2D eigenvalue weighted by molar-refractivity contribution is 7.99. The quantitative estimate of drug-likeness (QED) is 0.129. The fourth-order valence-corrected chi connectivity index (χ4v) is 6.86. The number of hydrogen-bond acceptors (Lipinski definition) is 11. The molecule has 3 heterocycles. The number of fused-ring (bicyclic) bond motifs is 1. The normalized spacial score (nSPS) is 14.7. The Morgan fingerprint density at radius 3 is 2.68 bits per heavy atom. The number of rotatable bonds is 8. The van der Waals surface area contributed by atoms with Gasteiger partial charge in [0.15, 0.2) is 9.96 Å². The van der Waals surface area contributed by atoms with Crippen LogP contribution in [0, 0.1) is 17.0 Å². The molecule has 12 nitrogen and oxygen atoms in total. The van der Waals surface area contributed by atoms with Gasteiger partial charge in [-0.05, 0) is 68.4 Å². The van der Waals surface area contributed by atoms with Gasteiger partial charge in [-0.3, -0.25) is 24.3 Å². The third-order valence-corrected chi connectivity index (χ3v) is 8.71. The number of halogens is 1. The van der Waals surface area contributed by atoms with Crippen molar-refractivity contribution in [3.05, 3.63) is 116 Å². The number of nitro groups is 1. The molecule has 44 heavy (non-hydrogen) atoms. The predicted octanol–water partition coefficient (Wildman–Crippen LogP) is 3.91. The number of methoxy groups -OCH3 is 1. The first-order valence-corrected chi connectivity index (χ1v) is 15.1. The van der Waals surface area contributed by atoms with Crippen molar-refractivity contribution in [1.29, 1.82) is 0 Å². The van der Waals surface area contributed by atoms with Gasteiger partial charge >= 0.3 is 5.97 Å². The van der Waals surface area contributed by atoms with Gasteiger partial charge < -0.3 is 14.5 Å². The molecule has 0 spiro atoms. The van der Waals surface area contributed by atoms with Gasteiger partial charge in [0.05, 0.1) is 39.3 Å². The SMILES string of the molecule is CCOC(=O)C1=C(C)N=c2s/c(=C\c3ccc(Sc4nc(C)cc(=O)[nH]4)c([N+](=O)[O-])c3)c(=O)n2[C@@H]1c1cc(Cl)ccc1OC. The highest BCUT2D eigenvalue weighted by Crippen LogP contribution is 2.37. The third kappa shape index (κ3) is 6.09. The lowest BCUT2D eigenvalue weighted by atomic mass is 9.95. The summed E-state index contributed by atoms with van der Waals surface area (Å²) >= 11 is 8.36. The van der Waals surface area contributed by atoms with Crippen LogP contribution in [0.2, 0.25) is 5.02 Å². The van der Waals surface area contributed by atoms with Crippen LogP contribution in [0.5, 0.6) is 5.75 Å². The molecule has 1 aliphatic rings. The molecule has 1 aliphatic heterocycles. The maximum Gasteiger partial charge on any atom is 0.338 e. The highest BCUT2D eigenvalue weighted by atomic mass is 35.5. The van der Waals surface area contributed by atoms with Crippen LogP contribution in [0.1, 0.15) is 36.7 Å². The summed E-state index contributed by atoms with van der Waals surface area (Å²) in [6, 6.07) is 9.74. The molecule has 0 radical (unpaired) electrons. The fourth-order valence-electron chi connectivity index (χ4n) is 4.71. The predicted molar refractivity (Wildman–Crippen MR) is 165 cm³/mol. The zero-order valence-electron chi connectivity index (χ0n) is 23.7. The Morgan fingerprint density at radius 2 is 2.00 bits per heavy atom. The number of carbonyl (C=O) groups is 1. The number of nitrogens with zero attached hydrogens (tertiary/aromatic N) is 4. The van der Waals surface area contributed by atoms with E-state index in [0.29, 0.717) is 38.1 Å². The first-order chi connectivity index (χ1) is 21.0. The minimum Gasteiger partial charge on any atom is -0.496 e. The van der Waals surface area contributed by atoms with Crippen LogP contribution < -0.4 is 25.2 Å². The molecular formula is C29H24ClN5O7S2. The maximum atomic E-state index is 14.0. The van der Waals surface area contributed by atoms with E-state index in [4.69, 9.17) is 21.1 Å². The van der Waals surface area contributed by atoms with Crippen LogP contribution >= 0.6 is 34.7 Å². The van der Waals surface area contributed by atoms with Crippen molar-refractivity contribution in [3.63, 3.8) is 0 Å². The van der Waals surface area contributed by atoms with Crippen LogP contribution in [0.4, 0.5) is 5.69 Å². The Balaban J connectivity index is 1.66. The summed E-state index contributed by atoms with van der Waals surface area (Å²) < 4.78 is 12.5. The Hall–Kier alpha value is -4.53. The summed E-state index contributed by atoms with van der Waals surface area (Å²) in [6.45, 7) is 5.10. The molecule has 0 amide bonds. The van der Waals surface area contributed by atoms with Gasteiger partial charge in [-0.25, -0.2) is 14.8 Å². The largest absolute Gasteiger partial charge is 0.496 e. The van der Waals surface area contributed by atoms with E-state index < -0.39 is 22.5 Å². The van der Waals surface area contributed by atoms with Crippen LogP contribution in [0.3, 0.4) is 0 Å². The number of hydrogen-bond donors (Lipinski definition) is 1. The van der Waals surface area contributed by atoms with Crippen LogP contribution in [0.15, 0.2) is 78.4 Å². The van der Waals surface area contributed by atoms with Gasteiger partial charge in [-0.15, -0.1) is 0 Å². The number of nitrogens with one attached hydrogen (secondary N) is 1. The van der Waals surface area contributed by atoms with Crippen molar-refractivity contribution in [3.8, 4) is 5.75 Å². The topological polar surface area (TPSA) is 159 Å². The van der Waals surface area contributed by atoms with E-state index in [1.165, 1.54) is 36.0 Å². The number of thiazole rings is 1. The zero-order valence-corrected chi connectivity index (χ0v) is 26.1.